The molecule has 0 radical (unpaired) electrons. The summed E-state index contributed by atoms with van der Waals surface area (Å²) in [6, 6.07) is 27.3. The molecule has 40 heavy (non-hydrogen) atoms. The van der Waals surface area contributed by atoms with E-state index in [4.69, 9.17) is 14.5 Å². The van der Waals surface area contributed by atoms with Gasteiger partial charge in [0.2, 0.25) is 5.95 Å². The minimum Gasteiger partial charge on any atom is -0.493 e. The average Bonchev–Trinajstić information content (AvgIpc) is 3.70. The summed E-state index contributed by atoms with van der Waals surface area (Å²) in [5.41, 5.74) is 3.33. The zero-order valence-corrected chi connectivity index (χ0v) is 22.3. The molecule has 8 heteroatoms. The van der Waals surface area contributed by atoms with Crippen molar-refractivity contribution in [1.29, 1.82) is 0 Å². The fourth-order valence-corrected chi connectivity index (χ4v) is 4.78. The average molecular weight is 533 g/mol. The number of likely N-dealkylation sites (tertiary alicyclic amines) is 1. The summed E-state index contributed by atoms with van der Waals surface area (Å²) in [6.07, 6.45) is 7.18. The van der Waals surface area contributed by atoms with Gasteiger partial charge in [-0.1, -0.05) is 36.4 Å². The van der Waals surface area contributed by atoms with Gasteiger partial charge in [-0.15, -0.1) is 0 Å². The number of anilines is 2. The molecule has 1 aliphatic heterocycles. The maximum atomic E-state index is 5.99. The van der Waals surface area contributed by atoms with E-state index in [1.54, 1.807) is 12.4 Å². The Morgan fingerprint density at radius 3 is 2.55 bits per heavy atom. The number of rotatable bonds is 11. The molecule has 0 aliphatic carbocycles. The van der Waals surface area contributed by atoms with Crippen LogP contribution in [0.15, 0.2) is 97.3 Å². The zero-order valence-electron chi connectivity index (χ0n) is 22.3. The fourth-order valence-electron chi connectivity index (χ4n) is 4.78. The molecule has 0 atom stereocenters. The molecular weight excluding hydrogens is 500 g/mol. The van der Waals surface area contributed by atoms with Gasteiger partial charge in [-0.25, -0.2) is 15.0 Å². The molecule has 3 aromatic carbocycles. The van der Waals surface area contributed by atoms with Crippen molar-refractivity contribution in [3.8, 4) is 40.0 Å². The highest BCUT2D eigenvalue weighted by Crippen LogP contribution is 2.28. The van der Waals surface area contributed by atoms with E-state index in [1.165, 1.54) is 25.9 Å². The van der Waals surface area contributed by atoms with Crippen LogP contribution in [0, 0.1) is 0 Å². The summed E-state index contributed by atoms with van der Waals surface area (Å²) < 4.78 is 12.0. The summed E-state index contributed by atoms with van der Waals surface area (Å²) >= 11 is 0. The molecule has 0 amide bonds. The van der Waals surface area contributed by atoms with Gasteiger partial charge in [0.15, 0.2) is 0 Å². The van der Waals surface area contributed by atoms with E-state index in [2.05, 4.69) is 25.2 Å². The van der Waals surface area contributed by atoms with Gasteiger partial charge in [0, 0.05) is 30.1 Å². The molecule has 5 aromatic rings. The summed E-state index contributed by atoms with van der Waals surface area (Å²) in [7, 11) is 0. The number of nitrogens with one attached hydrogen (secondary N) is 2. The minimum absolute atomic E-state index is 0.498. The molecule has 2 aromatic heterocycles. The van der Waals surface area contributed by atoms with Gasteiger partial charge in [0.1, 0.15) is 23.1 Å². The van der Waals surface area contributed by atoms with Crippen molar-refractivity contribution in [2.24, 2.45) is 0 Å². The Morgan fingerprint density at radius 1 is 0.825 bits per heavy atom. The van der Waals surface area contributed by atoms with Gasteiger partial charge in [0.25, 0.3) is 0 Å². The van der Waals surface area contributed by atoms with E-state index in [0.717, 1.165) is 58.7 Å². The van der Waals surface area contributed by atoms with Crippen LogP contribution in [0.4, 0.5) is 11.6 Å². The first-order chi connectivity index (χ1) is 19.8. The van der Waals surface area contributed by atoms with Crippen LogP contribution in [0.25, 0.3) is 22.8 Å². The van der Waals surface area contributed by atoms with Crippen LogP contribution >= 0.6 is 0 Å². The number of nitrogens with zero attached hydrogens (tertiary/aromatic N) is 4. The van der Waals surface area contributed by atoms with Gasteiger partial charge in [-0.05, 0) is 74.8 Å². The van der Waals surface area contributed by atoms with Crippen molar-refractivity contribution in [2.75, 3.05) is 31.6 Å². The van der Waals surface area contributed by atoms with Crippen molar-refractivity contribution < 1.29 is 9.47 Å². The molecule has 1 aliphatic rings. The Morgan fingerprint density at radius 2 is 1.65 bits per heavy atom. The van der Waals surface area contributed by atoms with E-state index >= 15 is 0 Å². The van der Waals surface area contributed by atoms with Crippen LogP contribution in [0.1, 0.15) is 19.3 Å². The monoisotopic (exact) mass is 532 g/mol. The van der Waals surface area contributed by atoms with E-state index in [1.807, 2.05) is 84.9 Å². The maximum absolute atomic E-state index is 5.99. The fraction of sp³-hybridized carbons (Fsp3) is 0.219. The van der Waals surface area contributed by atoms with Gasteiger partial charge in [0.05, 0.1) is 24.2 Å². The zero-order chi connectivity index (χ0) is 27.0. The molecule has 1 fully saturated rings. The summed E-state index contributed by atoms with van der Waals surface area (Å²) in [5, 5.41) is 3.30. The summed E-state index contributed by atoms with van der Waals surface area (Å²) in [4.78, 5) is 19.6. The molecule has 6 rings (SSSR count). The largest absolute Gasteiger partial charge is 0.493 e. The van der Waals surface area contributed by atoms with Gasteiger partial charge >= 0.3 is 0 Å². The number of aromatic nitrogens is 4. The Hall–Kier alpha value is -4.69. The second kappa shape index (κ2) is 12.4. The van der Waals surface area contributed by atoms with Crippen molar-refractivity contribution in [3.05, 3.63) is 97.3 Å². The third-order valence-electron chi connectivity index (χ3n) is 6.77. The molecule has 202 valence electrons. The molecule has 0 unspecified atom stereocenters. The highest BCUT2D eigenvalue weighted by molar-refractivity contribution is 5.64. The molecule has 0 saturated carbocycles. The van der Waals surface area contributed by atoms with Crippen LogP contribution in [-0.2, 0) is 0 Å². The van der Waals surface area contributed by atoms with E-state index in [0.29, 0.717) is 12.6 Å². The number of ether oxygens (including phenoxy) is 2. The van der Waals surface area contributed by atoms with E-state index in [9.17, 15) is 0 Å². The number of para-hydroxylation sites is 1. The topological polar surface area (TPSA) is 88.2 Å². The first-order valence-electron chi connectivity index (χ1n) is 13.7. The maximum Gasteiger partial charge on any atom is 0.227 e. The predicted molar refractivity (Wildman–Crippen MR) is 157 cm³/mol. The van der Waals surface area contributed by atoms with E-state index < -0.39 is 0 Å². The SMILES string of the molecule is c1ccc(Oc2cccc(-c3ncc(-c4ccnc(Nc5cccc(OCCCN6CCCC6)c5)n4)[nH]3)c2)cc1. The molecule has 8 nitrogen and oxygen atoms in total. The molecule has 1 saturated heterocycles. The number of H-pyrrole nitrogens is 1. The minimum atomic E-state index is 0.498. The molecule has 2 N–H and O–H groups in total. The number of aromatic amines is 1. The van der Waals surface area contributed by atoms with Gasteiger partial charge < -0.3 is 24.7 Å². The van der Waals surface area contributed by atoms with E-state index in [-0.39, 0.29) is 0 Å². The second-order valence-electron chi connectivity index (χ2n) is 9.76. The number of benzene rings is 3. The highest BCUT2D eigenvalue weighted by Gasteiger charge is 2.11. The van der Waals surface area contributed by atoms with Crippen LogP contribution < -0.4 is 14.8 Å². The van der Waals surface area contributed by atoms with Gasteiger partial charge in [-0.2, -0.15) is 0 Å². The molecule has 0 bridgehead atoms. The lowest BCUT2D eigenvalue weighted by Crippen LogP contribution is -2.21. The Labute approximate surface area is 234 Å². The number of hydrogen-bond acceptors (Lipinski definition) is 7. The van der Waals surface area contributed by atoms with Crippen LogP contribution in [0.3, 0.4) is 0 Å². The van der Waals surface area contributed by atoms with Gasteiger partial charge in [-0.3, -0.25) is 0 Å². The second-order valence-corrected chi connectivity index (χ2v) is 9.76. The van der Waals surface area contributed by atoms with Crippen molar-refractivity contribution in [2.45, 2.75) is 19.3 Å². The first kappa shape index (κ1) is 25.6. The first-order valence-corrected chi connectivity index (χ1v) is 13.7. The third-order valence-corrected chi connectivity index (χ3v) is 6.77. The lowest BCUT2D eigenvalue weighted by atomic mass is 10.2. The van der Waals surface area contributed by atoms with Crippen molar-refractivity contribution in [3.63, 3.8) is 0 Å². The Kier molecular flexibility index (Phi) is 7.96. The van der Waals surface area contributed by atoms with Crippen LogP contribution in [0.5, 0.6) is 17.2 Å². The Bertz CT molecular complexity index is 1530. The molecule has 0 spiro atoms. The van der Waals surface area contributed by atoms with Crippen LogP contribution in [0.2, 0.25) is 0 Å². The smallest absolute Gasteiger partial charge is 0.227 e. The van der Waals surface area contributed by atoms with Crippen LogP contribution in [-0.4, -0.2) is 51.1 Å². The molecule has 3 heterocycles. The Balaban J connectivity index is 1.09. The lowest BCUT2D eigenvalue weighted by molar-refractivity contribution is 0.263. The summed E-state index contributed by atoms with van der Waals surface area (Å²) in [6.45, 7) is 4.24. The highest BCUT2D eigenvalue weighted by atomic mass is 16.5. The standard InChI is InChI=1S/C32H32N6O2/c1-2-11-26(12-3-1)40-28-14-6-9-24(21-28)31-34-23-30(36-31)29-15-16-33-32(37-29)35-25-10-7-13-27(22-25)39-20-8-19-38-17-4-5-18-38/h1-3,6-7,9-16,21-23H,4-5,8,17-20H2,(H,34,36)(H,33,35,37). The quantitative estimate of drug-likeness (QED) is 0.178. The normalized spacial score (nSPS) is 13.3. The van der Waals surface area contributed by atoms with Crippen molar-refractivity contribution >= 4 is 11.6 Å². The lowest BCUT2D eigenvalue weighted by Gasteiger charge is -2.14. The summed E-state index contributed by atoms with van der Waals surface area (Å²) in [5.74, 6) is 3.59. The number of imidazole rings is 1. The third kappa shape index (κ3) is 6.65. The molecular formula is C32H32N6O2. The predicted octanol–water partition coefficient (Wildman–Crippen LogP) is 6.93. The number of hydrogen-bond donors (Lipinski definition) is 2. The van der Waals surface area contributed by atoms with Crippen molar-refractivity contribution in [1.82, 2.24) is 24.8 Å².